The molecule has 0 aliphatic carbocycles. The van der Waals surface area contributed by atoms with Gasteiger partial charge in [0.2, 0.25) is 5.78 Å². The molecule has 0 radical (unpaired) electrons. The third-order valence-electron chi connectivity index (χ3n) is 5.73. The number of ether oxygens (including phenoxy) is 2. The number of hydrogen-bond acceptors (Lipinski definition) is 6. The average Bonchev–Trinajstić information content (AvgIpc) is 3.15. The van der Waals surface area contributed by atoms with Crippen LogP contribution in [0.15, 0.2) is 65.5 Å². The Morgan fingerprint density at radius 1 is 0.971 bits per heavy atom. The van der Waals surface area contributed by atoms with Crippen LogP contribution < -0.4 is 5.56 Å². The first-order valence-electron chi connectivity index (χ1n) is 10.9. The molecule has 0 aliphatic rings. The van der Waals surface area contributed by atoms with E-state index in [4.69, 9.17) is 9.47 Å². The van der Waals surface area contributed by atoms with Gasteiger partial charge in [0.05, 0.1) is 17.7 Å². The number of hydrogen-bond donors (Lipinski definition) is 0. The average molecular weight is 460 g/mol. The van der Waals surface area contributed by atoms with Crippen LogP contribution in [0.3, 0.4) is 0 Å². The molecule has 2 heterocycles. The summed E-state index contributed by atoms with van der Waals surface area (Å²) in [6.07, 6.45) is 0. The van der Waals surface area contributed by atoms with E-state index >= 15 is 0 Å². The van der Waals surface area contributed by atoms with Gasteiger partial charge < -0.3 is 14.0 Å². The Balaban J connectivity index is 1.62. The van der Waals surface area contributed by atoms with Gasteiger partial charge in [0, 0.05) is 36.0 Å². The molecule has 8 nitrogen and oxygen atoms in total. The highest BCUT2D eigenvalue weighted by Crippen LogP contribution is 2.18. The Hall–Kier alpha value is -4.04. The van der Waals surface area contributed by atoms with Crippen molar-refractivity contribution >= 4 is 22.5 Å². The van der Waals surface area contributed by atoms with Gasteiger partial charge in [-0.3, -0.25) is 9.59 Å². The number of aryl methyl sites for hydroxylation is 1. The lowest BCUT2D eigenvalue weighted by atomic mass is 10.1. The van der Waals surface area contributed by atoms with Gasteiger partial charge in [0.1, 0.15) is 0 Å². The zero-order chi connectivity index (χ0) is 24.2. The molecule has 0 fully saturated rings. The van der Waals surface area contributed by atoms with E-state index in [0.717, 1.165) is 11.4 Å². The highest BCUT2D eigenvalue weighted by atomic mass is 16.5. The van der Waals surface area contributed by atoms with Crippen LogP contribution in [0.1, 0.15) is 32.2 Å². The number of esters is 1. The summed E-state index contributed by atoms with van der Waals surface area (Å²) in [4.78, 5) is 38.8. The molecule has 0 aliphatic heterocycles. The fourth-order valence-electron chi connectivity index (χ4n) is 3.97. The third kappa shape index (κ3) is 4.40. The van der Waals surface area contributed by atoms with E-state index < -0.39 is 12.6 Å². The van der Waals surface area contributed by atoms with Gasteiger partial charge in [-0.15, -0.1) is 0 Å². The summed E-state index contributed by atoms with van der Waals surface area (Å²) in [7, 11) is 1.62. The topological polar surface area (TPSA) is 92.4 Å². The van der Waals surface area contributed by atoms with E-state index in [2.05, 4.69) is 5.10 Å². The molecule has 34 heavy (non-hydrogen) atoms. The Labute approximate surface area is 196 Å². The molecule has 8 heteroatoms. The lowest BCUT2D eigenvalue weighted by Gasteiger charge is -2.11. The van der Waals surface area contributed by atoms with Crippen molar-refractivity contribution in [2.45, 2.75) is 20.4 Å². The van der Waals surface area contributed by atoms with Crippen molar-refractivity contribution in [2.75, 3.05) is 20.3 Å². The second kappa shape index (κ2) is 9.84. The molecule has 4 aromatic rings. The predicted octanol–water partition coefficient (Wildman–Crippen LogP) is 3.49. The number of para-hydroxylation sites is 1. The first-order chi connectivity index (χ1) is 16.4. The predicted molar refractivity (Wildman–Crippen MR) is 128 cm³/mol. The van der Waals surface area contributed by atoms with Gasteiger partial charge in [0.15, 0.2) is 12.3 Å². The molecule has 0 unspecified atom stereocenters. The number of Topliss-reactive ketones (excluding diaryl/α,β-unsaturated/α-hetero) is 1. The van der Waals surface area contributed by atoms with E-state index in [1.165, 1.54) is 4.68 Å². The first-order valence-corrected chi connectivity index (χ1v) is 10.9. The number of rotatable bonds is 8. The molecular formula is C26H25N3O5. The molecule has 2 aromatic carbocycles. The minimum Gasteiger partial charge on any atom is -0.452 e. The molecule has 4 rings (SSSR count). The Morgan fingerprint density at radius 2 is 1.65 bits per heavy atom. The molecular weight excluding hydrogens is 434 g/mol. The van der Waals surface area contributed by atoms with E-state index in [1.54, 1.807) is 61.7 Å². The molecule has 0 saturated heterocycles. The molecule has 0 bridgehead atoms. The van der Waals surface area contributed by atoms with Gasteiger partial charge in [-0.25, -0.2) is 4.79 Å². The first kappa shape index (κ1) is 23.1. The SMILES string of the molecule is COCCn1c(C)cc(C(=O)COC(=O)c2nn(-c3ccccc3)c(=O)c3ccccc23)c1C. The van der Waals surface area contributed by atoms with Crippen LogP contribution in [-0.2, 0) is 16.0 Å². The fourth-order valence-corrected chi connectivity index (χ4v) is 3.97. The van der Waals surface area contributed by atoms with Gasteiger partial charge in [-0.2, -0.15) is 9.78 Å². The number of ketones is 1. The molecule has 174 valence electrons. The van der Waals surface area contributed by atoms with Crippen molar-refractivity contribution in [1.29, 1.82) is 0 Å². The van der Waals surface area contributed by atoms with Crippen LogP contribution in [0.4, 0.5) is 0 Å². The van der Waals surface area contributed by atoms with Crippen molar-refractivity contribution in [2.24, 2.45) is 0 Å². The Kier molecular flexibility index (Phi) is 6.70. The van der Waals surface area contributed by atoms with Crippen molar-refractivity contribution in [3.05, 3.63) is 93.7 Å². The van der Waals surface area contributed by atoms with Crippen LogP contribution in [0.2, 0.25) is 0 Å². The summed E-state index contributed by atoms with van der Waals surface area (Å²) >= 11 is 0. The monoisotopic (exact) mass is 459 g/mol. The quantitative estimate of drug-likeness (QED) is 0.296. The van der Waals surface area contributed by atoms with Gasteiger partial charge in [-0.05, 0) is 38.1 Å². The maximum atomic E-state index is 13.0. The van der Waals surface area contributed by atoms with E-state index in [0.29, 0.717) is 35.2 Å². The highest BCUT2D eigenvalue weighted by Gasteiger charge is 2.21. The van der Waals surface area contributed by atoms with Crippen LogP contribution in [-0.4, -0.2) is 46.4 Å². The second-order valence-corrected chi connectivity index (χ2v) is 7.88. The van der Waals surface area contributed by atoms with E-state index in [9.17, 15) is 14.4 Å². The fraction of sp³-hybridized carbons (Fsp3) is 0.231. The number of aromatic nitrogens is 3. The van der Waals surface area contributed by atoms with E-state index in [-0.39, 0.29) is 17.0 Å². The maximum absolute atomic E-state index is 13.0. The molecule has 0 saturated carbocycles. The van der Waals surface area contributed by atoms with E-state index in [1.807, 2.05) is 24.5 Å². The molecule has 0 spiro atoms. The molecule has 0 amide bonds. The number of fused-ring (bicyclic) bond motifs is 1. The summed E-state index contributed by atoms with van der Waals surface area (Å²) in [6, 6.07) is 17.3. The Morgan fingerprint density at radius 3 is 2.35 bits per heavy atom. The van der Waals surface area contributed by atoms with Crippen LogP contribution >= 0.6 is 0 Å². The minimum absolute atomic E-state index is 0.0302. The van der Waals surface area contributed by atoms with Crippen molar-refractivity contribution < 1.29 is 19.1 Å². The van der Waals surface area contributed by atoms with Crippen LogP contribution in [0, 0.1) is 13.8 Å². The highest BCUT2D eigenvalue weighted by molar-refractivity contribution is 6.04. The summed E-state index contributed by atoms with van der Waals surface area (Å²) in [6.45, 7) is 4.47. The number of methoxy groups -OCH3 is 1. The zero-order valence-electron chi connectivity index (χ0n) is 19.3. The van der Waals surface area contributed by atoms with Crippen LogP contribution in [0.25, 0.3) is 16.5 Å². The Bertz CT molecular complexity index is 1420. The smallest absolute Gasteiger partial charge is 0.359 e. The zero-order valence-corrected chi connectivity index (χ0v) is 19.3. The molecule has 0 N–H and O–H groups in total. The largest absolute Gasteiger partial charge is 0.452 e. The van der Waals surface area contributed by atoms with Crippen molar-refractivity contribution in [3.8, 4) is 5.69 Å². The summed E-state index contributed by atoms with van der Waals surface area (Å²) in [5, 5.41) is 5.00. The standard InChI is InChI=1S/C26H25N3O5/c1-17-15-22(18(2)28(17)13-14-33-3)23(30)16-34-26(32)24-20-11-7-8-12-21(20)25(31)29(27-24)19-9-5-4-6-10-19/h4-12,15H,13-14,16H2,1-3H3. The van der Waals surface area contributed by atoms with Crippen LogP contribution in [0.5, 0.6) is 0 Å². The van der Waals surface area contributed by atoms with Crippen molar-refractivity contribution in [3.63, 3.8) is 0 Å². The molecule has 2 aromatic heterocycles. The normalized spacial score (nSPS) is 11.0. The third-order valence-corrected chi connectivity index (χ3v) is 5.73. The van der Waals surface area contributed by atoms with Gasteiger partial charge in [0.25, 0.3) is 5.56 Å². The molecule has 0 atom stereocenters. The summed E-state index contributed by atoms with van der Waals surface area (Å²) in [5.41, 5.74) is 2.35. The maximum Gasteiger partial charge on any atom is 0.359 e. The lowest BCUT2D eigenvalue weighted by molar-refractivity contribution is 0.0469. The van der Waals surface area contributed by atoms with Crippen molar-refractivity contribution in [1.82, 2.24) is 14.3 Å². The number of carbonyl (C=O) groups excluding carboxylic acids is 2. The summed E-state index contributed by atoms with van der Waals surface area (Å²) < 4.78 is 13.7. The minimum atomic E-state index is -0.776. The number of nitrogens with zero attached hydrogens (tertiary/aromatic N) is 3. The summed E-state index contributed by atoms with van der Waals surface area (Å²) in [5.74, 6) is -1.09. The second-order valence-electron chi connectivity index (χ2n) is 7.88. The number of benzene rings is 2. The number of carbonyl (C=O) groups is 2. The van der Waals surface area contributed by atoms with Gasteiger partial charge >= 0.3 is 5.97 Å². The lowest BCUT2D eigenvalue weighted by Crippen LogP contribution is -2.26. The van der Waals surface area contributed by atoms with Gasteiger partial charge in [-0.1, -0.05) is 36.4 Å².